The highest BCUT2D eigenvalue weighted by atomic mass is 16.2. The van der Waals surface area contributed by atoms with Gasteiger partial charge >= 0.3 is 6.03 Å². The molecular formula is C23H29N5O3. The summed E-state index contributed by atoms with van der Waals surface area (Å²) in [7, 11) is 0. The van der Waals surface area contributed by atoms with Crippen molar-refractivity contribution in [3.05, 3.63) is 53.3 Å². The topological polar surface area (TPSA) is 95.5 Å². The maximum Gasteiger partial charge on any atom is 0.317 e. The molecule has 4 amide bonds. The summed E-state index contributed by atoms with van der Waals surface area (Å²) >= 11 is 0. The quantitative estimate of drug-likeness (QED) is 0.659. The second kappa shape index (κ2) is 8.83. The zero-order chi connectivity index (χ0) is 22.0. The fraction of sp³-hybridized carbons (Fsp3) is 0.435. The number of aromatic nitrogens is 1. The van der Waals surface area contributed by atoms with Crippen LogP contribution in [0.4, 0.5) is 4.79 Å². The molecule has 2 heterocycles. The highest BCUT2D eigenvalue weighted by Crippen LogP contribution is 2.22. The molecule has 0 unspecified atom stereocenters. The number of nitrogens with zero attached hydrogens (tertiary/aromatic N) is 2. The van der Waals surface area contributed by atoms with Crippen molar-refractivity contribution in [2.75, 3.05) is 13.1 Å². The van der Waals surface area contributed by atoms with E-state index in [4.69, 9.17) is 0 Å². The maximum atomic E-state index is 12.7. The molecule has 31 heavy (non-hydrogen) atoms. The summed E-state index contributed by atoms with van der Waals surface area (Å²) in [6.07, 6.45) is 3.28. The Labute approximate surface area is 182 Å². The monoisotopic (exact) mass is 423 g/mol. The molecule has 0 bridgehead atoms. The molecule has 4 rings (SSSR count). The van der Waals surface area contributed by atoms with E-state index >= 15 is 0 Å². The Kier molecular flexibility index (Phi) is 5.97. The van der Waals surface area contributed by atoms with Gasteiger partial charge in [0.15, 0.2) is 0 Å². The minimum absolute atomic E-state index is 0.0385. The number of amides is 4. The normalized spacial score (nSPS) is 16.6. The number of para-hydroxylation sites is 1. The standard InChI is InChI=1S/C23H29N5O3/c1-15-14-20(16(2)28(15)19-6-4-3-5-7-19)22(30)26-25-21(29)17-10-12-27(13-11-17)23(31)24-18-8-9-18/h3-7,14,17-18H,8-13H2,1-2H3,(H,24,31)(H,25,29)(H,26,30). The van der Waals surface area contributed by atoms with Gasteiger partial charge in [-0.1, -0.05) is 18.2 Å². The van der Waals surface area contributed by atoms with Crippen LogP contribution in [-0.4, -0.2) is 46.4 Å². The number of piperidine rings is 1. The number of benzene rings is 1. The van der Waals surface area contributed by atoms with Crippen molar-refractivity contribution in [1.29, 1.82) is 0 Å². The lowest BCUT2D eigenvalue weighted by Gasteiger charge is -2.31. The third kappa shape index (κ3) is 4.73. The Morgan fingerprint density at radius 1 is 0.935 bits per heavy atom. The first-order chi connectivity index (χ1) is 14.9. The zero-order valence-electron chi connectivity index (χ0n) is 18.0. The molecule has 8 heteroatoms. The first kappa shape index (κ1) is 21.0. The number of hydrogen-bond acceptors (Lipinski definition) is 3. The number of likely N-dealkylation sites (tertiary alicyclic amines) is 1. The SMILES string of the molecule is Cc1cc(C(=O)NNC(=O)C2CCN(C(=O)NC3CC3)CC2)c(C)n1-c1ccccc1. The molecule has 1 saturated carbocycles. The largest absolute Gasteiger partial charge is 0.335 e. The number of carbonyl (C=O) groups excluding carboxylic acids is 3. The van der Waals surface area contributed by atoms with E-state index in [1.54, 1.807) is 4.90 Å². The Morgan fingerprint density at radius 2 is 1.61 bits per heavy atom. The number of nitrogens with one attached hydrogen (secondary N) is 3. The molecule has 1 aromatic carbocycles. The molecule has 2 aliphatic rings. The molecule has 8 nitrogen and oxygen atoms in total. The average Bonchev–Trinajstić information content (AvgIpc) is 3.55. The third-order valence-electron chi connectivity index (χ3n) is 6.05. The third-order valence-corrected chi connectivity index (χ3v) is 6.05. The number of hydrazine groups is 1. The Hall–Kier alpha value is -3.29. The van der Waals surface area contributed by atoms with Crippen LogP contribution in [0.3, 0.4) is 0 Å². The minimum atomic E-state index is -0.343. The van der Waals surface area contributed by atoms with Gasteiger partial charge < -0.3 is 14.8 Å². The van der Waals surface area contributed by atoms with Gasteiger partial charge in [-0.05, 0) is 57.7 Å². The molecule has 0 atom stereocenters. The number of urea groups is 1. The van der Waals surface area contributed by atoms with Gasteiger partial charge in [-0.3, -0.25) is 20.4 Å². The van der Waals surface area contributed by atoms with Crippen molar-refractivity contribution in [2.24, 2.45) is 5.92 Å². The summed E-state index contributed by atoms with van der Waals surface area (Å²) in [4.78, 5) is 39.1. The van der Waals surface area contributed by atoms with Crippen LogP contribution < -0.4 is 16.2 Å². The van der Waals surface area contributed by atoms with Crippen LogP contribution in [0.2, 0.25) is 0 Å². The molecule has 0 radical (unpaired) electrons. The lowest BCUT2D eigenvalue weighted by Crippen LogP contribution is -2.50. The lowest BCUT2D eigenvalue weighted by atomic mass is 9.96. The molecule has 1 saturated heterocycles. The van der Waals surface area contributed by atoms with Gasteiger partial charge in [0, 0.05) is 42.1 Å². The molecule has 2 fully saturated rings. The zero-order valence-corrected chi connectivity index (χ0v) is 18.0. The minimum Gasteiger partial charge on any atom is -0.335 e. The van der Waals surface area contributed by atoms with Crippen LogP contribution in [0.15, 0.2) is 36.4 Å². The molecule has 3 N–H and O–H groups in total. The molecule has 164 valence electrons. The van der Waals surface area contributed by atoms with Crippen LogP contribution >= 0.6 is 0 Å². The molecule has 1 aliphatic heterocycles. The highest BCUT2D eigenvalue weighted by molar-refractivity contribution is 5.97. The van der Waals surface area contributed by atoms with E-state index in [0.29, 0.717) is 37.5 Å². The summed E-state index contributed by atoms with van der Waals surface area (Å²) in [6.45, 7) is 4.92. The highest BCUT2D eigenvalue weighted by Gasteiger charge is 2.30. The average molecular weight is 424 g/mol. The fourth-order valence-corrected chi connectivity index (χ4v) is 4.09. The number of rotatable bonds is 4. The van der Waals surface area contributed by atoms with Gasteiger partial charge in [-0.2, -0.15) is 0 Å². The van der Waals surface area contributed by atoms with Crippen LogP contribution in [0.1, 0.15) is 47.4 Å². The van der Waals surface area contributed by atoms with E-state index < -0.39 is 0 Å². The van der Waals surface area contributed by atoms with Crippen molar-refractivity contribution in [3.63, 3.8) is 0 Å². The summed E-state index contributed by atoms with van der Waals surface area (Å²) in [5.74, 6) is -0.778. The van der Waals surface area contributed by atoms with Gasteiger partial charge in [0.05, 0.1) is 5.56 Å². The van der Waals surface area contributed by atoms with Gasteiger partial charge in [-0.15, -0.1) is 0 Å². The summed E-state index contributed by atoms with van der Waals surface area (Å²) in [6, 6.07) is 11.9. The predicted octanol–water partition coefficient (Wildman–Crippen LogP) is 2.44. The van der Waals surface area contributed by atoms with E-state index in [1.165, 1.54) is 0 Å². The van der Waals surface area contributed by atoms with Crippen molar-refractivity contribution in [1.82, 2.24) is 25.6 Å². The first-order valence-corrected chi connectivity index (χ1v) is 10.8. The predicted molar refractivity (Wildman–Crippen MR) is 117 cm³/mol. The van der Waals surface area contributed by atoms with E-state index in [1.807, 2.05) is 54.8 Å². The second-order valence-corrected chi connectivity index (χ2v) is 8.38. The first-order valence-electron chi connectivity index (χ1n) is 10.8. The van der Waals surface area contributed by atoms with Crippen LogP contribution in [0.25, 0.3) is 5.69 Å². The van der Waals surface area contributed by atoms with Crippen molar-refractivity contribution < 1.29 is 14.4 Å². The molecular weight excluding hydrogens is 394 g/mol. The summed E-state index contributed by atoms with van der Waals surface area (Å²) < 4.78 is 2.01. The van der Waals surface area contributed by atoms with E-state index in [0.717, 1.165) is 29.9 Å². The van der Waals surface area contributed by atoms with E-state index in [-0.39, 0.29) is 23.8 Å². The number of aryl methyl sites for hydroxylation is 1. The van der Waals surface area contributed by atoms with E-state index in [2.05, 4.69) is 16.2 Å². The molecule has 1 aromatic heterocycles. The Morgan fingerprint density at radius 3 is 2.26 bits per heavy atom. The van der Waals surface area contributed by atoms with Crippen LogP contribution in [0.5, 0.6) is 0 Å². The van der Waals surface area contributed by atoms with Crippen molar-refractivity contribution in [3.8, 4) is 5.69 Å². The van der Waals surface area contributed by atoms with Crippen LogP contribution in [0, 0.1) is 19.8 Å². The molecule has 0 spiro atoms. The van der Waals surface area contributed by atoms with Crippen molar-refractivity contribution in [2.45, 2.75) is 45.6 Å². The lowest BCUT2D eigenvalue weighted by molar-refractivity contribution is -0.127. The van der Waals surface area contributed by atoms with Crippen molar-refractivity contribution >= 4 is 17.8 Å². The van der Waals surface area contributed by atoms with Gasteiger partial charge in [0.25, 0.3) is 5.91 Å². The van der Waals surface area contributed by atoms with E-state index in [9.17, 15) is 14.4 Å². The second-order valence-electron chi connectivity index (χ2n) is 8.38. The number of carbonyl (C=O) groups is 3. The van der Waals surface area contributed by atoms with Gasteiger partial charge in [-0.25, -0.2) is 4.79 Å². The fourth-order valence-electron chi connectivity index (χ4n) is 4.09. The smallest absolute Gasteiger partial charge is 0.317 e. The maximum absolute atomic E-state index is 12.7. The summed E-state index contributed by atoms with van der Waals surface area (Å²) in [5, 5.41) is 2.98. The number of hydrogen-bond donors (Lipinski definition) is 3. The molecule has 1 aliphatic carbocycles. The Balaban J connectivity index is 1.30. The van der Waals surface area contributed by atoms with Crippen LogP contribution in [-0.2, 0) is 4.79 Å². The van der Waals surface area contributed by atoms with Gasteiger partial charge in [0.1, 0.15) is 0 Å². The van der Waals surface area contributed by atoms with Gasteiger partial charge in [0.2, 0.25) is 5.91 Å². The summed E-state index contributed by atoms with van der Waals surface area (Å²) in [5.41, 5.74) is 8.38. The Bertz CT molecular complexity index is 973. The molecule has 2 aromatic rings.